The van der Waals surface area contributed by atoms with Gasteiger partial charge in [0.1, 0.15) is 11.6 Å². The van der Waals surface area contributed by atoms with Gasteiger partial charge in [0, 0.05) is 11.7 Å². The Morgan fingerprint density at radius 1 is 1.16 bits per heavy atom. The highest BCUT2D eigenvalue weighted by Crippen LogP contribution is 2.25. The van der Waals surface area contributed by atoms with Crippen LogP contribution in [0, 0.1) is 5.82 Å². The Labute approximate surface area is 120 Å². The van der Waals surface area contributed by atoms with Gasteiger partial charge in [-0.25, -0.2) is 4.39 Å². The van der Waals surface area contributed by atoms with Crippen LogP contribution >= 0.6 is 15.9 Å². The van der Waals surface area contributed by atoms with Crippen molar-refractivity contribution in [3.8, 4) is 5.75 Å². The number of hydrogen-bond acceptors (Lipinski definition) is 2. The van der Waals surface area contributed by atoms with Gasteiger partial charge in [0.15, 0.2) is 0 Å². The second kappa shape index (κ2) is 6.06. The first-order valence-corrected chi connectivity index (χ1v) is 6.75. The van der Waals surface area contributed by atoms with Crippen molar-refractivity contribution in [2.45, 2.75) is 13.0 Å². The van der Waals surface area contributed by atoms with Crippen LogP contribution in [0.25, 0.3) is 0 Å². The third-order valence-electron chi connectivity index (χ3n) is 2.92. The van der Waals surface area contributed by atoms with Gasteiger partial charge in [-0.15, -0.1) is 0 Å². The van der Waals surface area contributed by atoms with Crippen molar-refractivity contribution in [3.63, 3.8) is 0 Å². The molecule has 1 N–H and O–H groups in total. The summed E-state index contributed by atoms with van der Waals surface area (Å²) in [6.45, 7) is 2.05. The van der Waals surface area contributed by atoms with Crippen molar-refractivity contribution in [3.05, 3.63) is 58.3 Å². The first kappa shape index (κ1) is 13.9. The van der Waals surface area contributed by atoms with Gasteiger partial charge in [0.2, 0.25) is 0 Å². The van der Waals surface area contributed by atoms with E-state index in [-0.39, 0.29) is 11.9 Å². The number of nitrogens with one attached hydrogen (secondary N) is 1. The third-order valence-corrected chi connectivity index (χ3v) is 3.53. The van der Waals surface area contributed by atoms with E-state index in [1.54, 1.807) is 19.2 Å². The van der Waals surface area contributed by atoms with Crippen molar-refractivity contribution in [1.29, 1.82) is 0 Å². The lowest BCUT2D eigenvalue weighted by Gasteiger charge is -2.16. The first-order chi connectivity index (χ1) is 9.10. The molecule has 2 nitrogen and oxygen atoms in total. The summed E-state index contributed by atoms with van der Waals surface area (Å²) in [7, 11) is 1.65. The van der Waals surface area contributed by atoms with E-state index in [1.165, 1.54) is 6.07 Å². The fourth-order valence-corrected chi connectivity index (χ4v) is 2.19. The molecule has 0 amide bonds. The highest BCUT2D eigenvalue weighted by molar-refractivity contribution is 9.10. The molecule has 1 unspecified atom stereocenters. The molecule has 0 saturated carbocycles. The molecule has 2 aromatic rings. The second-order valence-electron chi connectivity index (χ2n) is 4.27. The third kappa shape index (κ3) is 3.47. The number of anilines is 1. The van der Waals surface area contributed by atoms with Crippen molar-refractivity contribution >= 4 is 21.6 Å². The molecule has 0 saturated heterocycles. The summed E-state index contributed by atoms with van der Waals surface area (Å²) in [6.07, 6.45) is 0. The molecule has 100 valence electrons. The number of halogens is 2. The van der Waals surface area contributed by atoms with E-state index in [0.29, 0.717) is 4.47 Å². The van der Waals surface area contributed by atoms with Gasteiger partial charge in [-0.3, -0.25) is 0 Å². The molecule has 0 fully saturated rings. The van der Waals surface area contributed by atoms with E-state index in [2.05, 4.69) is 28.2 Å². The zero-order chi connectivity index (χ0) is 13.8. The molecule has 0 aromatic heterocycles. The van der Waals surface area contributed by atoms with Crippen molar-refractivity contribution in [2.75, 3.05) is 12.4 Å². The van der Waals surface area contributed by atoms with Crippen LogP contribution in [0.3, 0.4) is 0 Å². The number of methoxy groups -OCH3 is 1. The molecule has 4 heteroatoms. The van der Waals surface area contributed by atoms with E-state index in [0.717, 1.165) is 17.0 Å². The summed E-state index contributed by atoms with van der Waals surface area (Å²) in [5, 5.41) is 3.33. The number of rotatable bonds is 4. The molecular formula is C15H15BrFNO. The summed E-state index contributed by atoms with van der Waals surface area (Å²) in [6, 6.07) is 12.9. The normalized spacial score (nSPS) is 12.0. The van der Waals surface area contributed by atoms with E-state index < -0.39 is 0 Å². The second-order valence-corrected chi connectivity index (χ2v) is 5.12. The quantitative estimate of drug-likeness (QED) is 0.875. The molecule has 2 aromatic carbocycles. The van der Waals surface area contributed by atoms with Crippen LogP contribution in [-0.2, 0) is 0 Å². The van der Waals surface area contributed by atoms with Gasteiger partial charge in [0.25, 0.3) is 0 Å². The average molecular weight is 324 g/mol. The van der Waals surface area contributed by atoms with Crippen LogP contribution < -0.4 is 10.1 Å². The first-order valence-electron chi connectivity index (χ1n) is 5.95. The average Bonchev–Trinajstić information content (AvgIpc) is 2.43. The molecule has 0 radical (unpaired) electrons. The Morgan fingerprint density at radius 3 is 2.42 bits per heavy atom. The van der Waals surface area contributed by atoms with E-state index in [1.807, 2.05) is 24.3 Å². The van der Waals surface area contributed by atoms with Crippen LogP contribution in [-0.4, -0.2) is 7.11 Å². The van der Waals surface area contributed by atoms with Crippen LogP contribution in [0.1, 0.15) is 18.5 Å². The molecule has 0 heterocycles. The van der Waals surface area contributed by atoms with Crippen LogP contribution in [0.2, 0.25) is 0 Å². The fraction of sp³-hybridized carbons (Fsp3) is 0.200. The van der Waals surface area contributed by atoms with E-state index in [9.17, 15) is 4.39 Å². The van der Waals surface area contributed by atoms with Crippen molar-refractivity contribution < 1.29 is 9.13 Å². The summed E-state index contributed by atoms with van der Waals surface area (Å²) in [5.41, 5.74) is 2.01. The lowest BCUT2D eigenvalue weighted by molar-refractivity contribution is 0.414. The van der Waals surface area contributed by atoms with Crippen LogP contribution in [0.4, 0.5) is 10.1 Å². The van der Waals surface area contributed by atoms with E-state index >= 15 is 0 Å². The highest BCUT2D eigenvalue weighted by atomic mass is 79.9. The maximum absolute atomic E-state index is 13.2. The Morgan fingerprint density at radius 2 is 1.84 bits per heavy atom. The minimum Gasteiger partial charge on any atom is -0.497 e. The van der Waals surface area contributed by atoms with Crippen LogP contribution in [0.15, 0.2) is 46.9 Å². The molecule has 0 aliphatic heterocycles. The number of ether oxygens (including phenoxy) is 1. The lowest BCUT2D eigenvalue weighted by atomic mass is 10.1. The summed E-state index contributed by atoms with van der Waals surface area (Å²) < 4.78 is 18.7. The van der Waals surface area contributed by atoms with Gasteiger partial charge in [-0.1, -0.05) is 12.1 Å². The lowest BCUT2D eigenvalue weighted by Crippen LogP contribution is -2.06. The molecule has 2 rings (SSSR count). The monoisotopic (exact) mass is 323 g/mol. The molecular weight excluding hydrogens is 309 g/mol. The summed E-state index contributed by atoms with van der Waals surface area (Å²) in [5.74, 6) is 0.572. The Hall–Kier alpha value is -1.55. The van der Waals surface area contributed by atoms with Gasteiger partial charge >= 0.3 is 0 Å². The molecule has 0 aliphatic rings. The van der Waals surface area contributed by atoms with Crippen LogP contribution in [0.5, 0.6) is 5.75 Å². The highest BCUT2D eigenvalue weighted by Gasteiger charge is 2.07. The molecule has 0 spiro atoms. The number of benzene rings is 2. The zero-order valence-electron chi connectivity index (χ0n) is 10.8. The topological polar surface area (TPSA) is 21.3 Å². The minimum atomic E-state index is -0.261. The SMILES string of the molecule is COc1ccc(C(C)Nc2ccc(F)c(Br)c2)cc1. The Balaban J connectivity index is 2.10. The molecule has 0 aliphatic carbocycles. The Kier molecular flexibility index (Phi) is 4.43. The van der Waals surface area contributed by atoms with Gasteiger partial charge in [0.05, 0.1) is 11.6 Å². The predicted octanol–water partition coefficient (Wildman–Crippen LogP) is 4.77. The molecule has 0 bridgehead atoms. The van der Waals surface area contributed by atoms with Gasteiger partial charge in [-0.05, 0) is 58.7 Å². The van der Waals surface area contributed by atoms with Gasteiger partial charge < -0.3 is 10.1 Å². The maximum Gasteiger partial charge on any atom is 0.137 e. The van der Waals surface area contributed by atoms with Gasteiger partial charge in [-0.2, -0.15) is 0 Å². The predicted molar refractivity (Wildman–Crippen MR) is 79.1 cm³/mol. The fourth-order valence-electron chi connectivity index (χ4n) is 1.81. The van der Waals surface area contributed by atoms with Crippen molar-refractivity contribution in [1.82, 2.24) is 0 Å². The largest absolute Gasteiger partial charge is 0.497 e. The van der Waals surface area contributed by atoms with E-state index in [4.69, 9.17) is 4.74 Å². The standard InChI is InChI=1S/C15H15BrFNO/c1-10(11-3-6-13(19-2)7-4-11)18-12-5-8-15(17)14(16)9-12/h3-10,18H,1-2H3. The minimum absolute atomic E-state index is 0.128. The summed E-state index contributed by atoms with van der Waals surface area (Å²) >= 11 is 3.18. The summed E-state index contributed by atoms with van der Waals surface area (Å²) in [4.78, 5) is 0. The molecule has 19 heavy (non-hydrogen) atoms. The molecule has 1 atom stereocenters. The van der Waals surface area contributed by atoms with Crippen molar-refractivity contribution in [2.24, 2.45) is 0 Å². The smallest absolute Gasteiger partial charge is 0.137 e. The maximum atomic E-state index is 13.2. The number of hydrogen-bond donors (Lipinski definition) is 1. The Bertz CT molecular complexity index is 557. The zero-order valence-corrected chi connectivity index (χ0v) is 12.4.